The third kappa shape index (κ3) is 5.93. The molecule has 0 radical (unpaired) electrons. The van der Waals surface area contributed by atoms with Crippen molar-refractivity contribution in [2.24, 2.45) is 0 Å². The molecule has 0 aliphatic carbocycles. The maximum absolute atomic E-state index is 13.9. The van der Waals surface area contributed by atoms with Gasteiger partial charge in [-0.3, -0.25) is 19.6 Å². The Morgan fingerprint density at radius 3 is 2.74 bits per heavy atom. The summed E-state index contributed by atoms with van der Waals surface area (Å²) in [5.41, 5.74) is 3.72. The highest BCUT2D eigenvalue weighted by Gasteiger charge is 2.41. The number of anilines is 1. The monoisotopic (exact) mass is 523 g/mol. The standard InChI is InChI=1S/C30H42FN5O2/c1-5-25-19-38-11-10-34(25)17-26-15-32-21(2)16-35(26)18-28(37)36-20-30(3,4)29-27(36)13-23(14-33-29)12-22-6-8-24(31)9-7-22/h6-9,13-14,21,25-26,32H,5,10-12,15-20H2,1-4H3/t21-,25-,26-/m1/s1. The summed E-state index contributed by atoms with van der Waals surface area (Å²) >= 11 is 0. The fourth-order valence-corrected chi connectivity index (χ4v) is 6.18. The summed E-state index contributed by atoms with van der Waals surface area (Å²) in [7, 11) is 0. The molecule has 8 heteroatoms. The molecular formula is C30H42FN5O2. The smallest absolute Gasteiger partial charge is 0.241 e. The lowest BCUT2D eigenvalue weighted by atomic mass is 9.91. The Labute approximate surface area is 226 Å². The highest BCUT2D eigenvalue weighted by atomic mass is 19.1. The third-order valence-electron chi connectivity index (χ3n) is 8.36. The van der Waals surface area contributed by atoms with Crippen molar-refractivity contribution in [3.8, 4) is 0 Å². The van der Waals surface area contributed by atoms with Crippen molar-refractivity contribution in [1.82, 2.24) is 20.1 Å². The summed E-state index contributed by atoms with van der Waals surface area (Å²) in [6, 6.07) is 9.75. The molecule has 2 aromatic rings. The van der Waals surface area contributed by atoms with Crippen LogP contribution >= 0.6 is 0 Å². The van der Waals surface area contributed by atoms with Gasteiger partial charge in [-0.15, -0.1) is 0 Å². The van der Waals surface area contributed by atoms with Crippen LogP contribution in [0, 0.1) is 5.82 Å². The topological polar surface area (TPSA) is 60.9 Å². The van der Waals surface area contributed by atoms with Crippen molar-refractivity contribution < 1.29 is 13.9 Å². The Morgan fingerprint density at radius 2 is 1.97 bits per heavy atom. The number of pyridine rings is 1. The van der Waals surface area contributed by atoms with Crippen molar-refractivity contribution >= 4 is 11.6 Å². The molecule has 1 aromatic carbocycles. The lowest BCUT2D eigenvalue weighted by Crippen LogP contribution is -2.62. The third-order valence-corrected chi connectivity index (χ3v) is 8.36. The van der Waals surface area contributed by atoms with Gasteiger partial charge in [0.15, 0.2) is 0 Å². The molecule has 0 unspecified atom stereocenters. The first-order valence-electron chi connectivity index (χ1n) is 14.1. The van der Waals surface area contributed by atoms with Crippen molar-refractivity contribution in [3.63, 3.8) is 0 Å². The number of aromatic nitrogens is 1. The molecule has 3 aliphatic rings. The maximum Gasteiger partial charge on any atom is 0.241 e. The van der Waals surface area contributed by atoms with E-state index in [-0.39, 0.29) is 23.2 Å². The zero-order valence-electron chi connectivity index (χ0n) is 23.3. The van der Waals surface area contributed by atoms with E-state index in [4.69, 9.17) is 9.72 Å². The molecule has 3 atom stereocenters. The maximum atomic E-state index is 13.9. The Balaban J connectivity index is 1.32. The molecule has 1 N–H and O–H groups in total. The Kier molecular flexibility index (Phi) is 8.14. The highest BCUT2D eigenvalue weighted by Crippen LogP contribution is 2.39. The number of halogens is 1. The minimum Gasteiger partial charge on any atom is -0.378 e. The number of benzene rings is 1. The van der Waals surface area contributed by atoms with Gasteiger partial charge in [-0.25, -0.2) is 4.39 Å². The second-order valence-corrected chi connectivity index (χ2v) is 11.9. The Bertz CT molecular complexity index is 1120. The molecule has 0 saturated carbocycles. The highest BCUT2D eigenvalue weighted by molar-refractivity contribution is 5.97. The predicted octanol–water partition coefficient (Wildman–Crippen LogP) is 3.21. The van der Waals surface area contributed by atoms with Crippen molar-refractivity contribution in [3.05, 3.63) is 59.2 Å². The fraction of sp³-hybridized carbons (Fsp3) is 0.600. The lowest BCUT2D eigenvalue weighted by molar-refractivity contribution is -0.121. The van der Waals surface area contributed by atoms with Crippen LogP contribution in [0.25, 0.3) is 0 Å². The second kappa shape index (κ2) is 11.4. The number of amides is 1. The number of nitrogens with one attached hydrogen (secondary N) is 1. The number of piperazine rings is 1. The predicted molar refractivity (Wildman–Crippen MR) is 148 cm³/mol. The van der Waals surface area contributed by atoms with E-state index in [1.165, 1.54) is 12.1 Å². The SMILES string of the molecule is CC[C@@H]1COCCN1C[C@H]1CN[C@H](C)CN1CC(=O)N1CC(C)(C)c2ncc(Cc3ccc(F)cc3)cc21. The molecule has 3 aliphatic heterocycles. The molecule has 2 saturated heterocycles. The number of hydrogen-bond donors (Lipinski definition) is 1. The number of rotatable bonds is 7. The molecule has 1 amide bonds. The number of hydrogen-bond acceptors (Lipinski definition) is 6. The van der Waals surface area contributed by atoms with Gasteiger partial charge in [0.2, 0.25) is 5.91 Å². The van der Waals surface area contributed by atoms with Gasteiger partial charge in [0, 0.05) is 62.5 Å². The van der Waals surface area contributed by atoms with Gasteiger partial charge < -0.3 is 15.0 Å². The molecule has 5 rings (SSSR count). The van der Waals surface area contributed by atoms with Crippen LogP contribution in [-0.4, -0.2) is 91.3 Å². The van der Waals surface area contributed by atoms with Crippen LogP contribution in [0.4, 0.5) is 10.1 Å². The first kappa shape index (κ1) is 27.2. The first-order chi connectivity index (χ1) is 18.2. The molecule has 206 valence electrons. The van der Waals surface area contributed by atoms with Gasteiger partial charge in [0.05, 0.1) is 31.1 Å². The summed E-state index contributed by atoms with van der Waals surface area (Å²) < 4.78 is 19.1. The number of fused-ring (bicyclic) bond motifs is 1. The zero-order chi connectivity index (χ0) is 26.9. The average molecular weight is 524 g/mol. The minimum atomic E-state index is -0.237. The van der Waals surface area contributed by atoms with Gasteiger partial charge in [-0.2, -0.15) is 0 Å². The number of ether oxygens (including phenoxy) is 1. The van der Waals surface area contributed by atoms with Crippen LogP contribution in [0.1, 0.15) is 50.9 Å². The number of nitrogens with zero attached hydrogens (tertiary/aromatic N) is 4. The average Bonchev–Trinajstić information content (AvgIpc) is 3.17. The molecule has 7 nitrogen and oxygen atoms in total. The molecule has 38 heavy (non-hydrogen) atoms. The number of morpholine rings is 1. The summed E-state index contributed by atoms with van der Waals surface area (Å²) in [5.74, 6) is -0.107. The number of carbonyl (C=O) groups is 1. The first-order valence-corrected chi connectivity index (χ1v) is 14.1. The van der Waals surface area contributed by atoms with Crippen molar-refractivity contribution in [2.45, 2.75) is 64.1 Å². The van der Waals surface area contributed by atoms with E-state index >= 15 is 0 Å². The van der Waals surface area contributed by atoms with Gasteiger partial charge in [0.1, 0.15) is 5.82 Å². The molecule has 4 heterocycles. The van der Waals surface area contributed by atoms with Crippen LogP contribution in [-0.2, 0) is 21.4 Å². The quantitative estimate of drug-likeness (QED) is 0.602. The minimum absolute atomic E-state index is 0.130. The Morgan fingerprint density at radius 1 is 1.18 bits per heavy atom. The van der Waals surface area contributed by atoms with Gasteiger partial charge in [-0.1, -0.05) is 32.9 Å². The second-order valence-electron chi connectivity index (χ2n) is 11.9. The molecule has 1 aromatic heterocycles. The van der Waals surface area contributed by atoms with Crippen LogP contribution in [0.15, 0.2) is 36.5 Å². The van der Waals surface area contributed by atoms with E-state index in [1.807, 2.05) is 11.1 Å². The van der Waals surface area contributed by atoms with Gasteiger partial charge >= 0.3 is 0 Å². The molecule has 0 bridgehead atoms. The van der Waals surface area contributed by atoms with E-state index in [1.54, 1.807) is 12.1 Å². The molecular weight excluding hydrogens is 481 g/mol. The largest absolute Gasteiger partial charge is 0.378 e. The van der Waals surface area contributed by atoms with Gasteiger partial charge in [-0.05, 0) is 49.1 Å². The summed E-state index contributed by atoms with van der Waals surface area (Å²) in [6.07, 6.45) is 3.62. The molecule has 0 spiro atoms. The summed E-state index contributed by atoms with van der Waals surface area (Å²) in [6.45, 7) is 14.9. The zero-order valence-corrected chi connectivity index (χ0v) is 23.3. The van der Waals surface area contributed by atoms with Crippen LogP contribution in [0.5, 0.6) is 0 Å². The van der Waals surface area contributed by atoms with E-state index < -0.39 is 0 Å². The van der Waals surface area contributed by atoms with Crippen molar-refractivity contribution in [1.29, 1.82) is 0 Å². The lowest BCUT2D eigenvalue weighted by Gasteiger charge is -2.44. The van der Waals surface area contributed by atoms with Crippen LogP contribution < -0.4 is 10.2 Å². The fourth-order valence-electron chi connectivity index (χ4n) is 6.18. The van der Waals surface area contributed by atoms with Gasteiger partial charge in [0.25, 0.3) is 0 Å². The van der Waals surface area contributed by atoms with E-state index in [0.29, 0.717) is 31.6 Å². The van der Waals surface area contributed by atoms with E-state index in [9.17, 15) is 9.18 Å². The summed E-state index contributed by atoms with van der Waals surface area (Å²) in [4.78, 5) is 25.6. The molecule has 2 fully saturated rings. The van der Waals surface area contributed by atoms with Crippen LogP contribution in [0.2, 0.25) is 0 Å². The summed E-state index contributed by atoms with van der Waals surface area (Å²) in [5, 5.41) is 3.63. The normalized spacial score (nSPS) is 25.9. The van der Waals surface area contributed by atoms with Crippen molar-refractivity contribution in [2.75, 3.05) is 57.4 Å². The van der Waals surface area contributed by atoms with E-state index in [2.05, 4.69) is 48.9 Å². The Hall–Kier alpha value is -2.39. The number of carbonyl (C=O) groups excluding carboxylic acids is 1. The van der Waals surface area contributed by atoms with Crippen LogP contribution in [0.3, 0.4) is 0 Å². The van der Waals surface area contributed by atoms with E-state index in [0.717, 1.165) is 68.3 Å².